The second-order valence-electron chi connectivity index (χ2n) is 2.84. The summed E-state index contributed by atoms with van der Waals surface area (Å²) in [5, 5.41) is 12.3. The van der Waals surface area contributed by atoms with Gasteiger partial charge in [-0.3, -0.25) is 0 Å². The zero-order valence-electron chi connectivity index (χ0n) is 7.54. The number of aromatic hydroxyl groups is 1. The molecule has 1 atom stereocenters. The van der Waals surface area contributed by atoms with Crippen molar-refractivity contribution >= 4 is 0 Å². The van der Waals surface area contributed by atoms with Crippen LogP contribution in [0.15, 0.2) is 24.3 Å². The first kappa shape index (κ1) is 9.07. The summed E-state index contributed by atoms with van der Waals surface area (Å²) in [6.07, 6.45) is 1.06. The molecule has 0 aliphatic heterocycles. The van der Waals surface area contributed by atoms with Crippen molar-refractivity contribution < 1.29 is 5.11 Å². The summed E-state index contributed by atoms with van der Waals surface area (Å²) in [6.45, 7) is 2.13. The van der Waals surface area contributed by atoms with Gasteiger partial charge < -0.3 is 10.4 Å². The lowest BCUT2D eigenvalue weighted by molar-refractivity contribution is 0.474. The van der Waals surface area contributed by atoms with Gasteiger partial charge in [-0.2, -0.15) is 0 Å². The van der Waals surface area contributed by atoms with Gasteiger partial charge in [-0.15, -0.1) is 0 Å². The molecular weight excluding hydrogens is 150 g/mol. The second kappa shape index (κ2) is 4.12. The molecule has 1 aromatic rings. The number of nitrogens with one attached hydrogen (secondary N) is 1. The standard InChI is InChI=1S/C10H15NO/c1-3-10(11-2)8-4-6-9(12)7-5-8/h4-7,10-12H,3H2,1-2H3. The Bertz CT molecular complexity index is 226. The molecule has 0 aliphatic rings. The van der Waals surface area contributed by atoms with E-state index in [-0.39, 0.29) is 0 Å². The Kier molecular flexibility index (Phi) is 3.11. The van der Waals surface area contributed by atoms with Crippen molar-refractivity contribution in [1.29, 1.82) is 0 Å². The molecule has 0 saturated heterocycles. The Labute approximate surface area is 73.2 Å². The van der Waals surface area contributed by atoms with E-state index in [9.17, 15) is 0 Å². The van der Waals surface area contributed by atoms with Gasteiger partial charge in [0.25, 0.3) is 0 Å². The summed E-state index contributed by atoms with van der Waals surface area (Å²) < 4.78 is 0. The number of phenols is 1. The predicted octanol–water partition coefficient (Wildman–Crippen LogP) is 2.06. The Morgan fingerprint density at radius 1 is 1.33 bits per heavy atom. The molecule has 0 saturated carbocycles. The fourth-order valence-corrected chi connectivity index (χ4v) is 1.31. The fourth-order valence-electron chi connectivity index (χ4n) is 1.31. The third kappa shape index (κ3) is 1.98. The average Bonchev–Trinajstić information content (AvgIpc) is 2.10. The van der Waals surface area contributed by atoms with Crippen LogP contribution in [0.5, 0.6) is 5.75 Å². The monoisotopic (exact) mass is 165 g/mol. The van der Waals surface area contributed by atoms with Gasteiger partial charge in [0.05, 0.1) is 0 Å². The van der Waals surface area contributed by atoms with E-state index >= 15 is 0 Å². The van der Waals surface area contributed by atoms with Gasteiger partial charge in [0, 0.05) is 6.04 Å². The molecule has 0 bridgehead atoms. The van der Waals surface area contributed by atoms with Crippen molar-refractivity contribution in [3.05, 3.63) is 29.8 Å². The van der Waals surface area contributed by atoms with E-state index in [1.807, 2.05) is 19.2 Å². The fraction of sp³-hybridized carbons (Fsp3) is 0.400. The van der Waals surface area contributed by atoms with Gasteiger partial charge in [0.15, 0.2) is 0 Å². The molecule has 0 amide bonds. The van der Waals surface area contributed by atoms with Crippen molar-refractivity contribution in [3.63, 3.8) is 0 Å². The van der Waals surface area contributed by atoms with E-state index in [1.54, 1.807) is 12.1 Å². The van der Waals surface area contributed by atoms with Crippen molar-refractivity contribution in [2.75, 3.05) is 7.05 Å². The molecule has 66 valence electrons. The molecule has 12 heavy (non-hydrogen) atoms. The van der Waals surface area contributed by atoms with Crippen LogP contribution in [0.2, 0.25) is 0 Å². The summed E-state index contributed by atoms with van der Waals surface area (Å²) in [6, 6.07) is 7.72. The summed E-state index contributed by atoms with van der Waals surface area (Å²) in [5.74, 6) is 0.324. The SMILES string of the molecule is CCC(NC)c1ccc(O)cc1. The summed E-state index contributed by atoms with van der Waals surface area (Å²) >= 11 is 0. The number of rotatable bonds is 3. The molecule has 2 N–H and O–H groups in total. The van der Waals surface area contributed by atoms with Gasteiger partial charge in [0.2, 0.25) is 0 Å². The van der Waals surface area contributed by atoms with Crippen LogP contribution >= 0.6 is 0 Å². The highest BCUT2D eigenvalue weighted by Crippen LogP contribution is 2.18. The smallest absolute Gasteiger partial charge is 0.115 e. The summed E-state index contributed by atoms with van der Waals surface area (Å²) in [7, 11) is 1.95. The van der Waals surface area contributed by atoms with Gasteiger partial charge in [-0.25, -0.2) is 0 Å². The molecule has 2 nitrogen and oxygen atoms in total. The average molecular weight is 165 g/mol. The lowest BCUT2D eigenvalue weighted by atomic mass is 10.1. The number of hydrogen-bond donors (Lipinski definition) is 2. The predicted molar refractivity (Wildman–Crippen MR) is 50.2 cm³/mol. The van der Waals surface area contributed by atoms with E-state index in [2.05, 4.69) is 12.2 Å². The molecule has 0 fully saturated rings. The first-order valence-electron chi connectivity index (χ1n) is 4.24. The first-order chi connectivity index (χ1) is 5.77. The Balaban J connectivity index is 2.80. The molecule has 0 aromatic heterocycles. The highest BCUT2D eigenvalue weighted by molar-refractivity contribution is 5.27. The third-order valence-electron chi connectivity index (χ3n) is 2.05. The molecule has 0 aliphatic carbocycles. The van der Waals surface area contributed by atoms with Crippen molar-refractivity contribution in [1.82, 2.24) is 5.32 Å². The third-order valence-corrected chi connectivity index (χ3v) is 2.05. The van der Waals surface area contributed by atoms with Gasteiger partial charge in [0.1, 0.15) is 5.75 Å². The van der Waals surface area contributed by atoms with Crippen LogP contribution in [0.25, 0.3) is 0 Å². The van der Waals surface area contributed by atoms with Crippen LogP contribution in [0.1, 0.15) is 24.9 Å². The molecule has 0 heterocycles. The van der Waals surface area contributed by atoms with Crippen LogP contribution < -0.4 is 5.32 Å². The van der Waals surface area contributed by atoms with Gasteiger partial charge >= 0.3 is 0 Å². The molecule has 1 aromatic carbocycles. The van der Waals surface area contributed by atoms with Crippen LogP contribution in [0.3, 0.4) is 0 Å². The van der Waals surface area contributed by atoms with Crippen LogP contribution in [0, 0.1) is 0 Å². The molecule has 2 heteroatoms. The van der Waals surface area contributed by atoms with Crippen LogP contribution in [-0.2, 0) is 0 Å². The minimum Gasteiger partial charge on any atom is -0.508 e. The van der Waals surface area contributed by atoms with E-state index < -0.39 is 0 Å². The van der Waals surface area contributed by atoms with Gasteiger partial charge in [-0.1, -0.05) is 19.1 Å². The maximum atomic E-state index is 9.06. The van der Waals surface area contributed by atoms with Crippen LogP contribution in [0.4, 0.5) is 0 Å². The quantitative estimate of drug-likeness (QED) is 0.718. The topological polar surface area (TPSA) is 32.3 Å². The van der Waals surface area contributed by atoms with E-state index in [0.717, 1.165) is 6.42 Å². The maximum absolute atomic E-state index is 9.06. The van der Waals surface area contributed by atoms with E-state index in [0.29, 0.717) is 11.8 Å². The lowest BCUT2D eigenvalue weighted by Gasteiger charge is -2.13. The summed E-state index contributed by atoms with van der Waals surface area (Å²) in [4.78, 5) is 0. The Morgan fingerprint density at radius 2 is 1.92 bits per heavy atom. The van der Waals surface area contributed by atoms with Crippen LogP contribution in [-0.4, -0.2) is 12.2 Å². The largest absolute Gasteiger partial charge is 0.508 e. The zero-order chi connectivity index (χ0) is 8.97. The van der Waals surface area contributed by atoms with Crippen molar-refractivity contribution in [2.45, 2.75) is 19.4 Å². The first-order valence-corrected chi connectivity index (χ1v) is 4.24. The van der Waals surface area contributed by atoms with E-state index in [4.69, 9.17) is 5.11 Å². The summed E-state index contributed by atoms with van der Waals surface area (Å²) in [5.41, 5.74) is 1.22. The van der Waals surface area contributed by atoms with E-state index in [1.165, 1.54) is 5.56 Å². The Morgan fingerprint density at radius 3 is 2.33 bits per heavy atom. The minimum absolute atomic E-state index is 0.324. The molecular formula is C10H15NO. The molecule has 0 spiro atoms. The van der Waals surface area contributed by atoms with Crippen molar-refractivity contribution in [3.8, 4) is 5.75 Å². The molecule has 1 rings (SSSR count). The highest BCUT2D eigenvalue weighted by Gasteiger charge is 2.04. The Hall–Kier alpha value is -1.02. The van der Waals surface area contributed by atoms with Crippen molar-refractivity contribution in [2.24, 2.45) is 0 Å². The molecule has 0 radical (unpaired) electrons. The highest BCUT2D eigenvalue weighted by atomic mass is 16.3. The maximum Gasteiger partial charge on any atom is 0.115 e. The second-order valence-corrected chi connectivity index (χ2v) is 2.84. The zero-order valence-corrected chi connectivity index (χ0v) is 7.54. The minimum atomic E-state index is 0.324. The normalized spacial score (nSPS) is 12.8. The number of hydrogen-bond acceptors (Lipinski definition) is 2. The van der Waals surface area contributed by atoms with Gasteiger partial charge in [-0.05, 0) is 31.2 Å². The lowest BCUT2D eigenvalue weighted by Crippen LogP contribution is -2.14. The number of benzene rings is 1. The number of phenolic OH excluding ortho intramolecular Hbond substituents is 1. The molecule has 1 unspecified atom stereocenters.